The molecular formula is C7H11N3O2. The van der Waals surface area contributed by atoms with Crippen LogP contribution in [0.2, 0.25) is 0 Å². The van der Waals surface area contributed by atoms with Crippen molar-refractivity contribution in [3.05, 3.63) is 12.3 Å². The number of aromatic nitrogens is 2. The number of carboxylic acid groups (broad SMARTS) is 1. The average molecular weight is 169 g/mol. The topological polar surface area (TPSA) is 78.0 Å². The number of hydrogen-bond acceptors (Lipinski definition) is 3. The first-order chi connectivity index (χ1) is 5.52. The molecule has 0 bridgehead atoms. The van der Waals surface area contributed by atoms with Crippen LogP contribution >= 0.6 is 0 Å². The Morgan fingerprint density at radius 1 is 1.75 bits per heavy atom. The summed E-state index contributed by atoms with van der Waals surface area (Å²) in [5, 5.41) is 17.8. The van der Waals surface area contributed by atoms with Crippen LogP contribution in [0.3, 0.4) is 0 Å². The number of nitrogens with one attached hydrogen (secondary N) is 2. The standard InChI is InChI=1S/C7H11N3O2/c1-7(2,6(11)12)9-5-3-4-8-10-5/h3-4H,1-2H3,(H,11,12)(H2,8,9,10). The van der Waals surface area contributed by atoms with Crippen molar-refractivity contribution in [1.82, 2.24) is 10.2 Å². The van der Waals surface area contributed by atoms with Gasteiger partial charge in [0.05, 0.1) is 6.20 Å². The molecule has 0 spiro atoms. The van der Waals surface area contributed by atoms with Gasteiger partial charge in [-0.1, -0.05) is 0 Å². The molecule has 0 atom stereocenters. The van der Waals surface area contributed by atoms with E-state index in [0.717, 1.165) is 0 Å². The molecule has 0 unspecified atom stereocenters. The molecule has 5 nitrogen and oxygen atoms in total. The Hall–Kier alpha value is -1.52. The Morgan fingerprint density at radius 3 is 2.83 bits per heavy atom. The minimum absolute atomic E-state index is 0.599. The van der Waals surface area contributed by atoms with Crippen LogP contribution < -0.4 is 5.32 Å². The largest absolute Gasteiger partial charge is 0.480 e. The maximum atomic E-state index is 10.7. The van der Waals surface area contributed by atoms with Gasteiger partial charge in [-0.05, 0) is 19.9 Å². The van der Waals surface area contributed by atoms with Crippen molar-refractivity contribution >= 4 is 11.8 Å². The third kappa shape index (κ3) is 1.75. The lowest BCUT2D eigenvalue weighted by Crippen LogP contribution is -2.40. The van der Waals surface area contributed by atoms with Gasteiger partial charge in [0.1, 0.15) is 11.4 Å². The van der Waals surface area contributed by atoms with E-state index >= 15 is 0 Å². The fraction of sp³-hybridized carbons (Fsp3) is 0.429. The van der Waals surface area contributed by atoms with E-state index in [9.17, 15) is 4.79 Å². The number of aromatic amines is 1. The Labute approximate surface area is 69.8 Å². The van der Waals surface area contributed by atoms with Gasteiger partial charge in [-0.2, -0.15) is 5.10 Å². The Kier molecular flexibility index (Phi) is 2.03. The van der Waals surface area contributed by atoms with Crippen molar-refractivity contribution in [1.29, 1.82) is 0 Å². The lowest BCUT2D eigenvalue weighted by Gasteiger charge is -2.20. The summed E-state index contributed by atoms with van der Waals surface area (Å²) < 4.78 is 0. The highest BCUT2D eigenvalue weighted by Gasteiger charge is 2.26. The molecule has 1 aromatic rings. The smallest absolute Gasteiger partial charge is 0.328 e. The molecule has 0 fully saturated rings. The zero-order chi connectivity index (χ0) is 9.19. The summed E-state index contributed by atoms with van der Waals surface area (Å²) in [7, 11) is 0. The van der Waals surface area contributed by atoms with E-state index in [2.05, 4.69) is 15.5 Å². The van der Waals surface area contributed by atoms with E-state index in [1.54, 1.807) is 26.1 Å². The van der Waals surface area contributed by atoms with E-state index in [1.807, 2.05) is 0 Å². The molecule has 1 rings (SSSR count). The molecule has 5 heteroatoms. The van der Waals surface area contributed by atoms with Gasteiger partial charge in [0.25, 0.3) is 0 Å². The molecule has 0 amide bonds. The summed E-state index contributed by atoms with van der Waals surface area (Å²) >= 11 is 0. The summed E-state index contributed by atoms with van der Waals surface area (Å²) in [6.07, 6.45) is 1.56. The van der Waals surface area contributed by atoms with Crippen LogP contribution in [0.1, 0.15) is 13.8 Å². The minimum Gasteiger partial charge on any atom is -0.480 e. The van der Waals surface area contributed by atoms with Gasteiger partial charge < -0.3 is 10.4 Å². The third-order valence-corrected chi connectivity index (χ3v) is 1.48. The normalized spacial score (nSPS) is 11.2. The second kappa shape index (κ2) is 2.84. The first-order valence-electron chi connectivity index (χ1n) is 3.53. The van der Waals surface area contributed by atoms with Crippen molar-refractivity contribution in [2.45, 2.75) is 19.4 Å². The number of H-pyrrole nitrogens is 1. The first kappa shape index (κ1) is 8.58. The van der Waals surface area contributed by atoms with Gasteiger partial charge in [-0.3, -0.25) is 5.10 Å². The number of rotatable bonds is 3. The number of anilines is 1. The van der Waals surface area contributed by atoms with Gasteiger partial charge in [0.15, 0.2) is 0 Å². The molecule has 0 radical (unpaired) electrons. The fourth-order valence-corrected chi connectivity index (χ4v) is 0.716. The summed E-state index contributed by atoms with van der Waals surface area (Å²) in [5.41, 5.74) is -0.980. The molecule has 0 saturated heterocycles. The maximum Gasteiger partial charge on any atom is 0.328 e. The van der Waals surface area contributed by atoms with Crippen LogP contribution in [0.25, 0.3) is 0 Å². The molecule has 1 aromatic heterocycles. The second-order valence-electron chi connectivity index (χ2n) is 3.03. The molecule has 12 heavy (non-hydrogen) atoms. The molecular weight excluding hydrogens is 158 g/mol. The van der Waals surface area contributed by atoms with Crippen LogP contribution in [-0.2, 0) is 4.79 Å². The Bertz CT molecular complexity index is 266. The third-order valence-electron chi connectivity index (χ3n) is 1.48. The van der Waals surface area contributed by atoms with E-state index in [0.29, 0.717) is 5.82 Å². The van der Waals surface area contributed by atoms with Gasteiger partial charge in [-0.15, -0.1) is 0 Å². The Morgan fingerprint density at radius 2 is 2.42 bits per heavy atom. The summed E-state index contributed by atoms with van der Waals surface area (Å²) in [5.74, 6) is -0.306. The summed E-state index contributed by atoms with van der Waals surface area (Å²) in [4.78, 5) is 10.7. The van der Waals surface area contributed by atoms with Gasteiger partial charge >= 0.3 is 5.97 Å². The van der Waals surface area contributed by atoms with Crippen molar-refractivity contribution < 1.29 is 9.90 Å². The van der Waals surface area contributed by atoms with Crippen LogP contribution in [0, 0.1) is 0 Å². The van der Waals surface area contributed by atoms with Crippen molar-refractivity contribution in [3.63, 3.8) is 0 Å². The number of carbonyl (C=O) groups is 1. The molecule has 0 aliphatic heterocycles. The van der Waals surface area contributed by atoms with E-state index in [-0.39, 0.29) is 0 Å². The number of nitrogens with zero attached hydrogens (tertiary/aromatic N) is 1. The molecule has 0 aromatic carbocycles. The van der Waals surface area contributed by atoms with Gasteiger partial charge in [-0.25, -0.2) is 4.79 Å². The zero-order valence-corrected chi connectivity index (χ0v) is 6.96. The predicted molar refractivity (Wildman–Crippen MR) is 43.9 cm³/mol. The SMILES string of the molecule is CC(C)(Nc1ccn[nH]1)C(=O)O. The van der Waals surface area contributed by atoms with Crippen LogP contribution in [0.15, 0.2) is 12.3 Å². The predicted octanol–water partition coefficient (Wildman–Crippen LogP) is 0.685. The van der Waals surface area contributed by atoms with Gasteiger partial charge in [0.2, 0.25) is 0 Å². The van der Waals surface area contributed by atoms with Crippen molar-refractivity contribution in [3.8, 4) is 0 Å². The number of carboxylic acids is 1. The molecule has 66 valence electrons. The van der Waals surface area contributed by atoms with Crippen molar-refractivity contribution in [2.75, 3.05) is 5.32 Å². The Balaban J connectivity index is 2.69. The van der Waals surface area contributed by atoms with E-state index in [1.165, 1.54) is 0 Å². The lowest BCUT2D eigenvalue weighted by molar-refractivity contribution is -0.141. The van der Waals surface area contributed by atoms with E-state index in [4.69, 9.17) is 5.11 Å². The van der Waals surface area contributed by atoms with E-state index < -0.39 is 11.5 Å². The van der Waals surface area contributed by atoms with Crippen LogP contribution in [0.5, 0.6) is 0 Å². The van der Waals surface area contributed by atoms with Crippen LogP contribution in [-0.4, -0.2) is 26.8 Å². The molecule has 1 heterocycles. The summed E-state index contributed by atoms with van der Waals surface area (Å²) in [6, 6.07) is 1.67. The number of hydrogen-bond donors (Lipinski definition) is 3. The highest BCUT2D eigenvalue weighted by molar-refractivity contribution is 5.81. The second-order valence-corrected chi connectivity index (χ2v) is 3.03. The quantitative estimate of drug-likeness (QED) is 0.622. The highest BCUT2D eigenvalue weighted by Crippen LogP contribution is 2.11. The minimum atomic E-state index is -0.980. The zero-order valence-electron chi connectivity index (χ0n) is 6.96. The number of aliphatic carboxylic acids is 1. The summed E-state index contributed by atoms with van der Waals surface area (Å²) in [6.45, 7) is 3.16. The molecule has 3 N–H and O–H groups in total. The molecule has 0 aliphatic carbocycles. The lowest BCUT2D eigenvalue weighted by atomic mass is 10.1. The average Bonchev–Trinajstić information content (AvgIpc) is 2.38. The molecule has 0 saturated carbocycles. The monoisotopic (exact) mass is 169 g/mol. The molecule has 0 aliphatic rings. The van der Waals surface area contributed by atoms with Crippen molar-refractivity contribution in [2.24, 2.45) is 0 Å². The van der Waals surface area contributed by atoms with Crippen LogP contribution in [0.4, 0.5) is 5.82 Å². The fourth-order valence-electron chi connectivity index (χ4n) is 0.716. The first-order valence-corrected chi connectivity index (χ1v) is 3.53. The highest BCUT2D eigenvalue weighted by atomic mass is 16.4. The maximum absolute atomic E-state index is 10.7. The van der Waals surface area contributed by atoms with Gasteiger partial charge in [0, 0.05) is 0 Å².